The fraction of sp³-hybridized carbons (Fsp3) is 0.333. The van der Waals surface area contributed by atoms with E-state index < -0.39 is 0 Å². The number of methoxy groups -OCH3 is 1. The maximum Gasteiger partial charge on any atom is 0.145 e. The average Bonchev–Trinajstić information content (AvgIpc) is 2.90. The third kappa shape index (κ3) is 3.25. The molecule has 90 valence electrons. The van der Waals surface area contributed by atoms with Crippen LogP contribution in [-0.4, -0.2) is 17.3 Å². The number of ether oxygens (including phenoxy) is 2. The van der Waals surface area contributed by atoms with E-state index in [9.17, 15) is 0 Å². The second kappa shape index (κ2) is 5.75. The molecule has 0 fully saturated rings. The lowest BCUT2D eigenvalue weighted by atomic mass is 10.2. The molecule has 0 spiro atoms. The number of nitrogens with zero attached hydrogens (tertiary/aromatic N) is 2. The molecule has 1 atom stereocenters. The molecule has 0 saturated carbocycles. The molecule has 4 nitrogen and oxygen atoms in total. The van der Waals surface area contributed by atoms with E-state index in [4.69, 9.17) is 9.47 Å². The van der Waals surface area contributed by atoms with Crippen molar-refractivity contribution in [3.63, 3.8) is 0 Å². The SMILES string of the molecule is COc1ccc(COC(C)c2nncs2)cc1. The first kappa shape index (κ1) is 12.0. The molecule has 1 aromatic heterocycles. The van der Waals surface area contributed by atoms with E-state index in [1.54, 1.807) is 12.6 Å². The molecule has 2 aromatic rings. The molecule has 0 radical (unpaired) electrons. The molecule has 0 bridgehead atoms. The lowest BCUT2D eigenvalue weighted by Crippen LogP contribution is -2.00. The minimum absolute atomic E-state index is 0.0235. The van der Waals surface area contributed by atoms with Crippen molar-refractivity contribution < 1.29 is 9.47 Å². The second-order valence-corrected chi connectivity index (χ2v) is 4.44. The van der Waals surface area contributed by atoms with Crippen LogP contribution in [0.4, 0.5) is 0 Å². The van der Waals surface area contributed by atoms with Crippen LogP contribution in [0.2, 0.25) is 0 Å². The Bertz CT molecular complexity index is 442. The molecule has 0 amide bonds. The molecule has 0 aliphatic carbocycles. The summed E-state index contributed by atoms with van der Waals surface area (Å²) < 4.78 is 10.8. The lowest BCUT2D eigenvalue weighted by Gasteiger charge is -2.10. The molecule has 0 N–H and O–H groups in total. The van der Waals surface area contributed by atoms with Crippen LogP contribution in [0.25, 0.3) is 0 Å². The van der Waals surface area contributed by atoms with Crippen molar-refractivity contribution in [1.82, 2.24) is 10.2 Å². The molecule has 1 unspecified atom stereocenters. The third-order valence-electron chi connectivity index (χ3n) is 2.38. The number of hydrogen-bond acceptors (Lipinski definition) is 5. The molecule has 0 aliphatic rings. The Labute approximate surface area is 104 Å². The van der Waals surface area contributed by atoms with E-state index in [1.165, 1.54) is 11.3 Å². The highest BCUT2D eigenvalue weighted by molar-refractivity contribution is 7.09. The Balaban J connectivity index is 1.89. The van der Waals surface area contributed by atoms with Gasteiger partial charge in [-0.25, -0.2) is 0 Å². The quantitative estimate of drug-likeness (QED) is 0.818. The topological polar surface area (TPSA) is 44.2 Å². The van der Waals surface area contributed by atoms with Crippen molar-refractivity contribution in [2.45, 2.75) is 19.6 Å². The van der Waals surface area contributed by atoms with Gasteiger partial charge in [0, 0.05) is 0 Å². The van der Waals surface area contributed by atoms with Gasteiger partial charge < -0.3 is 9.47 Å². The maximum atomic E-state index is 5.71. The van der Waals surface area contributed by atoms with E-state index in [0.29, 0.717) is 6.61 Å². The lowest BCUT2D eigenvalue weighted by molar-refractivity contribution is 0.0519. The van der Waals surface area contributed by atoms with E-state index in [0.717, 1.165) is 16.3 Å². The number of hydrogen-bond donors (Lipinski definition) is 0. The average molecular weight is 250 g/mol. The summed E-state index contributed by atoms with van der Waals surface area (Å²) in [4.78, 5) is 0. The molecule has 17 heavy (non-hydrogen) atoms. The third-order valence-corrected chi connectivity index (χ3v) is 3.24. The van der Waals surface area contributed by atoms with Crippen LogP contribution in [0.5, 0.6) is 5.75 Å². The molecule has 2 rings (SSSR count). The van der Waals surface area contributed by atoms with E-state index >= 15 is 0 Å². The van der Waals surface area contributed by atoms with E-state index in [2.05, 4.69) is 10.2 Å². The van der Waals surface area contributed by atoms with Gasteiger partial charge in [-0.1, -0.05) is 12.1 Å². The second-order valence-electron chi connectivity index (χ2n) is 3.58. The fourth-order valence-electron chi connectivity index (χ4n) is 1.37. The minimum Gasteiger partial charge on any atom is -0.497 e. The largest absolute Gasteiger partial charge is 0.497 e. The van der Waals surface area contributed by atoms with Gasteiger partial charge in [-0.15, -0.1) is 21.5 Å². The Kier molecular flexibility index (Phi) is 4.06. The molecular formula is C12H14N2O2S. The van der Waals surface area contributed by atoms with Crippen LogP contribution in [0.1, 0.15) is 23.6 Å². The van der Waals surface area contributed by atoms with Crippen molar-refractivity contribution in [2.24, 2.45) is 0 Å². The van der Waals surface area contributed by atoms with Crippen molar-refractivity contribution >= 4 is 11.3 Å². The fourth-order valence-corrected chi connectivity index (χ4v) is 1.93. The molecule has 1 aromatic carbocycles. The van der Waals surface area contributed by atoms with E-state index in [-0.39, 0.29) is 6.10 Å². The van der Waals surface area contributed by atoms with Crippen LogP contribution >= 0.6 is 11.3 Å². The van der Waals surface area contributed by atoms with Crippen molar-refractivity contribution in [3.8, 4) is 5.75 Å². The maximum absolute atomic E-state index is 5.71. The summed E-state index contributed by atoms with van der Waals surface area (Å²) in [7, 11) is 1.66. The summed E-state index contributed by atoms with van der Waals surface area (Å²) in [6.07, 6.45) is -0.0235. The number of aromatic nitrogens is 2. The van der Waals surface area contributed by atoms with Gasteiger partial charge in [-0.3, -0.25) is 0 Å². The van der Waals surface area contributed by atoms with Gasteiger partial charge >= 0.3 is 0 Å². The zero-order valence-electron chi connectivity index (χ0n) is 9.79. The first-order valence-electron chi connectivity index (χ1n) is 5.30. The summed E-state index contributed by atoms with van der Waals surface area (Å²) in [5.41, 5.74) is 2.82. The summed E-state index contributed by atoms with van der Waals surface area (Å²) in [5.74, 6) is 0.853. The van der Waals surface area contributed by atoms with Crippen molar-refractivity contribution in [2.75, 3.05) is 7.11 Å². The Morgan fingerprint density at radius 1 is 1.29 bits per heavy atom. The van der Waals surface area contributed by atoms with Crippen LogP contribution < -0.4 is 4.74 Å². The molecule has 0 aliphatic heterocycles. The smallest absolute Gasteiger partial charge is 0.145 e. The van der Waals surface area contributed by atoms with Crippen LogP contribution in [0, 0.1) is 0 Å². The Morgan fingerprint density at radius 2 is 2.06 bits per heavy atom. The minimum atomic E-state index is -0.0235. The van der Waals surface area contributed by atoms with Crippen LogP contribution in [0.3, 0.4) is 0 Å². The van der Waals surface area contributed by atoms with Gasteiger partial charge in [0.05, 0.1) is 13.7 Å². The number of rotatable bonds is 5. The highest BCUT2D eigenvalue weighted by Gasteiger charge is 2.09. The zero-order chi connectivity index (χ0) is 12.1. The first-order valence-corrected chi connectivity index (χ1v) is 6.18. The normalized spacial score (nSPS) is 12.4. The Hall–Kier alpha value is -1.46. The summed E-state index contributed by atoms with van der Waals surface area (Å²) in [6.45, 7) is 2.54. The van der Waals surface area contributed by atoms with Crippen LogP contribution in [0.15, 0.2) is 29.8 Å². The van der Waals surface area contributed by atoms with Gasteiger partial charge in [-0.05, 0) is 24.6 Å². The Morgan fingerprint density at radius 3 is 2.65 bits per heavy atom. The number of benzene rings is 1. The van der Waals surface area contributed by atoms with E-state index in [1.807, 2.05) is 31.2 Å². The first-order chi connectivity index (χ1) is 8.29. The zero-order valence-corrected chi connectivity index (χ0v) is 10.6. The van der Waals surface area contributed by atoms with Gasteiger partial charge in [0.15, 0.2) is 0 Å². The van der Waals surface area contributed by atoms with Gasteiger partial charge in [0.25, 0.3) is 0 Å². The predicted octanol–water partition coefficient (Wildman–Crippen LogP) is 2.82. The summed E-state index contributed by atoms with van der Waals surface area (Å²) in [5, 5.41) is 8.67. The van der Waals surface area contributed by atoms with Crippen molar-refractivity contribution in [1.29, 1.82) is 0 Å². The highest BCUT2D eigenvalue weighted by Crippen LogP contribution is 2.20. The van der Waals surface area contributed by atoms with Gasteiger partial charge in [-0.2, -0.15) is 0 Å². The van der Waals surface area contributed by atoms with Crippen LogP contribution in [-0.2, 0) is 11.3 Å². The molecule has 5 heteroatoms. The molecule has 1 heterocycles. The van der Waals surface area contributed by atoms with Gasteiger partial charge in [0.1, 0.15) is 22.4 Å². The highest BCUT2D eigenvalue weighted by atomic mass is 32.1. The molecular weight excluding hydrogens is 236 g/mol. The van der Waals surface area contributed by atoms with Crippen molar-refractivity contribution in [3.05, 3.63) is 40.3 Å². The summed E-state index contributed by atoms with van der Waals surface area (Å²) in [6, 6.07) is 7.83. The standard InChI is InChI=1S/C12H14N2O2S/c1-9(12-14-13-8-17-12)16-7-10-3-5-11(15-2)6-4-10/h3-6,8-9H,7H2,1-2H3. The monoisotopic (exact) mass is 250 g/mol. The molecule has 0 saturated heterocycles. The predicted molar refractivity (Wildman–Crippen MR) is 66.1 cm³/mol. The summed E-state index contributed by atoms with van der Waals surface area (Å²) >= 11 is 1.51. The van der Waals surface area contributed by atoms with Gasteiger partial charge in [0.2, 0.25) is 0 Å².